The number of hydrogen-bond acceptors (Lipinski definition) is 10. The van der Waals surface area contributed by atoms with Crippen LogP contribution in [0, 0.1) is 0 Å². The van der Waals surface area contributed by atoms with E-state index in [-0.39, 0.29) is 19.4 Å². The van der Waals surface area contributed by atoms with Crippen molar-refractivity contribution in [1.82, 2.24) is 5.32 Å². The van der Waals surface area contributed by atoms with Crippen molar-refractivity contribution in [2.75, 3.05) is 13.2 Å². The van der Waals surface area contributed by atoms with E-state index in [0.29, 0.717) is 19.3 Å². The van der Waals surface area contributed by atoms with Crippen LogP contribution in [0.5, 0.6) is 0 Å². The van der Waals surface area contributed by atoms with Crippen molar-refractivity contribution in [2.24, 2.45) is 0 Å². The van der Waals surface area contributed by atoms with Crippen LogP contribution in [-0.2, 0) is 23.8 Å². The normalized spacial score (nSPS) is 19.7. The first-order chi connectivity index (χ1) is 39.2. The molecule has 11 nitrogen and oxygen atoms in total. The number of aliphatic hydroxyl groups is 5. The number of ether oxygens (including phenoxy) is 3. The van der Waals surface area contributed by atoms with E-state index in [2.05, 4.69) is 135 Å². The van der Waals surface area contributed by atoms with Crippen molar-refractivity contribution < 1.29 is 49.3 Å². The second kappa shape index (κ2) is 55.3. The molecule has 8 atom stereocenters. The summed E-state index contributed by atoms with van der Waals surface area (Å²) >= 11 is 0. The molecule has 1 heterocycles. The van der Waals surface area contributed by atoms with Crippen molar-refractivity contribution >= 4 is 11.9 Å². The number of aliphatic hydroxyl groups excluding tert-OH is 5. The molecule has 0 radical (unpaired) electrons. The van der Waals surface area contributed by atoms with Gasteiger partial charge in [-0.1, -0.05) is 238 Å². The average molecular weight is 1120 g/mol. The number of allylic oxidation sites excluding steroid dienone is 21. The zero-order valence-electron chi connectivity index (χ0n) is 50.1. The Labute approximate surface area is 486 Å². The molecule has 0 spiro atoms. The lowest BCUT2D eigenvalue weighted by Gasteiger charge is -2.41. The van der Waals surface area contributed by atoms with Crippen LogP contribution in [0.3, 0.4) is 0 Å². The molecule has 0 aromatic rings. The molecule has 0 saturated carbocycles. The summed E-state index contributed by atoms with van der Waals surface area (Å²) in [6, 6.07) is -1.06. The molecule has 0 aromatic carbocycles. The summed E-state index contributed by atoms with van der Waals surface area (Å²) in [6.07, 6.45) is 67.7. The Hall–Kier alpha value is -4.20. The molecular weight excluding hydrogens is 1000 g/mol. The van der Waals surface area contributed by atoms with Crippen molar-refractivity contribution in [1.29, 1.82) is 0 Å². The van der Waals surface area contributed by atoms with Crippen molar-refractivity contribution in [3.05, 3.63) is 134 Å². The highest BCUT2D eigenvalue weighted by molar-refractivity contribution is 5.80. The maximum atomic E-state index is 13.4. The molecule has 1 saturated heterocycles. The minimum atomic E-state index is -1.65. The summed E-state index contributed by atoms with van der Waals surface area (Å²) < 4.78 is 17.5. The number of amides is 1. The molecule has 11 heteroatoms. The number of carbonyl (C=O) groups excluding carboxylic acids is 2. The number of esters is 1. The van der Waals surface area contributed by atoms with Gasteiger partial charge in [-0.05, 0) is 116 Å². The van der Waals surface area contributed by atoms with Gasteiger partial charge in [0.25, 0.3) is 0 Å². The lowest BCUT2D eigenvalue weighted by Crippen LogP contribution is -2.61. The molecular formula is C69H113NO10. The fraction of sp³-hybridized carbons (Fsp3) is 0.652. The van der Waals surface area contributed by atoms with E-state index in [1.54, 1.807) is 6.08 Å². The Morgan fingerprint density at radius 2 is 0.900 bits per heavy atom. The van der Waals surface area contributed by atoms with E-state index < -0.39 is 67.4 Å². The first-order valence-electron chi connectivity index (χ1n) is 31.5. The molecule has 454 valence electrons. The second-order valence-corrected chi connectivity index (χ2v) is 21.0. The summed E-state index contributed by atoms with van der Waals surface area (Å²) in [6.45, 7) is 5.58. The monoisotopic (exact) mass is 1120 g/mol. The Balaban J connectivity index is 2.74. The molecule has 1 rings (SSSR count). The van der Waals surface area contributed by atoms with Crippen LogP contribution < -0.4 is 5.32 Å². The van der Waals surface area contributed by atoms with Gasteiger partial charge in [0.15, 0.2) is 12.4 Å². The van der Waals surface area contributed by atoms with Crippen LogP contribution in [0.25, 0.3) is 0 Å². The average Bonchev–Trinajstić information content (AvgIpc) is 3.48. The lowest BCUT2D eigenvalue weighted by atomic mass is 9.99. The maximum absolute atomic E-state index is 13.4. The first kappa shape index (κ1) is 73.8. The smallest absolute Gasteiger partial charge is 0.306 e. The van der Waals surface area contributed by atoms with Gasteiger partial charge in [-0.2, -0.15) is 0 Å². The molecule has 1 aliphatic rings. The van der Waals surface area contributed by atoms with E-state index in [9.17, 15) is 35.1 Å². The number of unbranched alkanes of at least 4 members (excludes halogenated alkanes) is 17. The van der Waals surface area contributed by atoms with Crippen LogP contribution in [0.2, 0.25) is 0 Å². The minimum absolute atomic E-state index is 0.0368. The predicted molar refractivity (Wildman–Crippen MR) is 333 cm³/mol. The third kappa shape index (κ3) is 42.6. The quantitative estimate of drug-likeness (QED) is 0.0195. The summed E-state index contributed by atoms with van der Waals surface area (Å²) in [4.78, 5) is 26.5. The van der Waals surface area contributed by atoms with E-state index in [1.807, 2.05) is 18.2 Å². The summed E-state index contributed by atoms with van der Waals surface area (Å²) in [5, 5.41) is 57.0. The third-order valence-corrected chi connectivity index (χ3v) is 13.8. The number of rotatable bonds is 51. The van der Waals surface area contributed by atoms with E-state index in [0.717, 1.165) is 109 Å². The van der Waals surface area contributed by atoms with Crippen molar-refractivity contribution in [3.63, 3.8) is 0 Å². The Morgan fingerprint density at radius 1 is 0.500 bits per heavy atom. The zero-order valence-corrected chi connectivity index (χ0v) is 50.1. The van der Waals surface area contributed by atoms with Crippen LogP contribution in [-0.4, -0.2) is 99.6 Å². The fourth-order valence-corrected chi connectivity index (χ4v) is 8.82. The first-order valence-corrected chi connectivity index (χ1v) is 31.5. The number of hydrogen-bond donors (Lipinski definition) is 6. The largest absolute Gasteiger partial charge is 0.454 e. The molecule has 1 aliphatic heterocycles. The number of nitrogens with one attached hydrogen (secondary N) is 1. The van der Waals surface area contributed by atoms with Crippen molar-refractivity contribution in [3.8, 4) is 0 Å². The zero-order chi connectivity index (χ0) is 58.2. The Bertz CT molecular complexity index is 1810. The molecule has 0 bridgehead atoms. The van der Waals surface area contributed by atoms with E-state index in [4.69, 9.17) is 14.2 Å². The van der Waals surface area contributed by atoms with Crippen molar-refractivity contribution in [2.45, 2.75) is 275 Å². The topological polar surface area (TPSA) is 175 Å². The van der Waals surface area contributed by atoms with Gasteiger partial charge in [-0.3, -0.25) is 9.59 Å². The maximum Gasteiger partial charge on any atom is 0.306 e. The SMILES string of the molecule is CC/C=C\C/C=C\C/C=C\C/C=C\C/C=C\C/C=C\CCCCCC(O)C(=O)NC(COC1OC(CO)C(O)C(O)C1OC(=O)CCC/C=C\C/C=C\C/C=C\C/C=C\CCCCC)C(O)/C=C/CCCCCCCCCCCC. The van der Waals surface area contributed by atoms with E-state index in [1.165, 1.54) is 64.2 Å². The van der Waals surface area contributed by atoms with Gasteiger partial charge in [0.1, 0.15) is 24.4 Å². The molecule has 0 aliphatic carbocycles. The van der Waals surface area contributed by atoms with E-state index >= 15 is 0 Å². The van der Waals surface area contributed by atoms with Crippen LogP contribution in [0.15, 0.2) is 134 Å². The summed E-state index contributed by atoms with van der Waals surface area (Å²) in [5.41, 5.74) is 0. The van der Waals surface area contributed by atoms with Gasteiger partial charge in [0, 0.05) is 6.42 Å². The highest BCUT2D eigenvalue weighted by atomic mass is 16.7. The highest BCUT2D eigenvalue weighted by Gasteiger charge is 2.47. The van der Waals surface area contributed by atoms with Crippen LogP contribution in [0.4, 0.5) is 0 Å². The van der Waals surface area contributed by atoms with Gasteiger partial charge in [-0.15, -0.1) is 0 Å². The number of carbonyl (C=O) groups is 2. The molecule has 1 fully saturated rings. The summed E-state index contributed by atoms with van der Waals surface area (Å²) in [7, 11) is 0. The minimum Gasteiger partial charge on any atom is -0.454 e. The second-order valence-electron chi connectivity index (χ2n) is 21.0. The third-order valence-electron chi connectivity index (χ3n) is 13.8. The van der Waals surface area contributed by atoms with Crippen LogP contribution >= 0.6 is 0 Å². The molecule has 6 N–H and O–H groups in total. The summed E-state index contributed by atoms with van der Waals surface area (Å²) in [5.74, 6) is -1.29. The highest BCUT2D eigenvalue weighted by Crippen LogP contribution is 2.26. The standard InChI is InChI=1S/C69H113NO10/c1-4-7-10-13-16-19-22-25-27-29-30-31-32-33-35-36-38-41-44-47-50-53-56-62(73)68(77)70-60(61(72)55-52-49-46-43-40-24-21-18-15-12-9-6-3)59-78-69-67(66(76)65(75)63(58-71)79-69)80-64(74)57-54-51-48-45-42-39-37-34-28-26-23-20-17-14-11-8-5-2/h7,10,16-17,19-20,25-28,30-31,33,35,37-39,41,45,48,52,55,60-63,65-67,69,71-73,75-76H,4-6,8-9,11-15,18,21-24,29,32,34,36,40,42-44,46-47,49-51,53-54,56-59H2,1-3H3,(H,70,77)/b10-7-,19-16-,20-17-,27-25-,28-26-,31-30-,35-33-,39-37-,41-38-,48-45-,55-52+. The molecule has 8 unspecified atom stereocenters. The fourth-order valence-electron chi connectivity index (χ4n) is 8.82. The van der Waals surface area contributed by atoms with Gasteiger partial charge >= 0.3 is 5.97 Å². The Kier molecular flexibility index (Phi) is 51.1. The Morgan fingerprint density at radius 3 is 1.38 bits per heavy atom. The van der Waals surface area contributed by atoms with Crippen LogP contribution in [0.1, 0.15) is 226 Å². The molecule has 80 heavy (non-hydrogen) atoms. The van der Waals surface area contributed by atoms with Gasteiger partial charge < -0.3 is 45.1 Å². The molecule has 1 amide bonds. The lowest BCUT2D eigenvalue weighted by molar-refractivity contribution is -0.305. The van der Waals surface area contributed by atoms with Gasteiger partial charge in [0.2, 0.25) is 5.91 Å². The van der Waals surface area contributed by atoms with Gasteiger partial charge in [0.05, 0.1) is 25.4 Å². The van der Waals surface area contributed by atoms with Gasteiger partial charge in [-0.25, -0.2) is 0 Å². The predicted octanol–water partition coefficient (Wildman–Crippen LogP) is 15.2. The molecule has 0 aromatic heterocycles.